The summed E-state index contributed by atoms with van der Waals surface area (Å²) in [5.74, 6) is 0.00555. The number of rotatable bonds is 1. The summed E-state index contributed by atoms with van der Waals surface area (Å²) in [5, 5.41) is 10.8. The molecule has 1 unspecified atom stereocenters. The topological polar surface area (TPSA) is 103 Å². The summed E-state index contributed by atoms with van der Waals surface area (Å²) in [6.07, 6.45) is 2.23. The molecule has 3 heterocycles. The molecule has 1 atom stereocenters. The van der Waals surface area contributed by atoms with Crippen molar-refractivity contribution in [2.24, 2.45) is 11.1 Å². The van der Waals surface area contributed by atoms with Crippen LogP contribution in [0.2, 0.25) is 5.02 Å². The lowest BCUT2D eigenvalue weighted by Crippen LogP contribution is -2.53. The second-order valence-corrected chi connectivity index (χ2v) is 9.87. The van der Waals surface area contributed by atoms with Crippen LogP contribution in [0.4, 0.5) is 11.5 Å². The Morgan fingerprint density at radius 2 is 1.88 bits per heavy atom. The van der Waals surface area contributed by atoms with Gasteiger partial charge in [0.1, 0.15) is 23.1 Å². The van der Waals surface area contributed by atoms with Crippen LogP contribution in [0.15, 0.2) is 65.3 Å². The molecule has 3 aliphatic rings. The normalized spacial score (nSPS) is 23.7. The SMILES string of the molecule is CN1C(=O)C2(C(C#N)=C(N)N(c3ccc(Cl)cn3)C3=C2C(=O)CC(C)(C)C3)c2ccccc21. The number of carbonyl (C=O) groups excluding carboxylic acids is 2. The smallest absolute Gasteiger partial charge is 0.247 e. The zero-order chi connectivity index (χ0) is 23.7. The van der Waals surface area contributed by atoms with Crippen molar-refractivity contribution in [3.8, 4) is 6.07 Å². The fraction of sp³-hybridized carbons (Fsp3) is 0.280. The van der Waals surface area contributed by atoms with E-state index < -0.39 is 5.41 Å². The largest absolute Gasteiger partial charge is 0.384 e. The van der Waals surface area contributed by atoms with Crippen molar-refractivity contribution < 1.29 is 9.59 Å². The molecule has 0 radical (unpaired) electrons. The molecule has 2 N–H and O–H groups in total. The highest BCUT2D eigenvalue weighted by molar-refractivity contribution is 6.30. The number of nitrogens with zero attached hydrogens (tertiary/aromatic N) is 4. The Hall–Kier alpha value is -3.63. The molecule has 166 valence electrons. The molecular weight excluding hydrogens is 438 g/mol. The van der Waals surface area contributed by atoms with Gasteiger partial charge in [-0.25, -0.2) is 4.98 Å². The first-order valence-electron chi connectivity index (χ1n) is 10.6. The number of Topliss-reactive ketones (excluding diaryl/α,β-unsaturated/α-hetero) is 1. The Bertz CT molecular complexity index is 1340. The number of allylic oxidation sites excluding steroid dienone is 1. The number of carbonyl (C=O) groups is 2. The van der Waals surface area contributed by atoms with Crippen LogP contribution in [0.1, 0.15) is 32.3 Å². The van der Waals surface area contributed by atoms with Gasteiger partial charge in [-0.05, 0) is 30.0 Å². The number of pyridine rings is 1. The summed E-state index contributed by atoms with van der Waals surface area (Å²) in [5.41, 5.74) is 6.92. The monoisotopic (exact) mass is 459 g/mol. The quantitative estimate of drug-likeness (QED) is 0.695. The van der Waals surface area contributed by atoms with E-state index >= 15 is 0 Å². The van der Waals surface area contributed by atoms with Crippen LogP contribution >= 0.6 is 11.6 Å². The van der Waals surface area contributed by atoms with Crippen molar-refractivity contribution in [1.82, 2.24) is 4.98 Å². The number of anilines is 2. The number of amides is 1. The summed E-state index contributed by atoms with van der Waals surface area (Å²) >= 11 is 6.05. The van der Waals surface area contributed by atoms with Crippen molar-refractivity contribution >= 4 is 34.8 Å². The lowest BCUT2D eigenvalue weighted by atomic mass is 9.61. The molecule has 1 amide bonds. The van der Waals surface area contributed by atoms with Crippen LogP contribution < -0.4 is 15.5 Å². The molecule has 33 heavy (non-hydrogen) atoms. The first kappa shape index (κ1) is 21.2. The number of benzene rings is 1. The predicted octanol–water partition coefficient (Wildman–Crippen LogP) is 3.81. The molecule has 1 spiro atoms. The molecule has 0 saturated carbocycles. The number of aromatic nitrogens is 1. The van der Waals surface area contributed by atoms with Crippen LogP contribution in [-0.4, -0.2) is 23.7 Å². The van der Waals surface area contributed by atoms with Crippen molar-refractivity contribution in [2.75, 3.05) is 16.8 Å². The molecule has 1 aliphatic carbocycles. The number of likely N-dealkylation sites (N-methyl/N-ethyl adjacent to an activating group) is 1. The molecule has 0 saturated heterocycles. The number of ketones is 1. The maximum Gasteiger partial charge on any atom is 0.247 e. The highest BCUT2D eigenvalue weighted by atomic mass is 35.5. The highest BCUT2D eigenvalue weighted by Gasteiger charge is 2.62. The van der Waals surface area contributed by atoms with E-state index in [9.17, 15) is 14.9 Å². The minimum absolute atomic E-state index is 0.0351. The molecule has 8 heteroatoms. The third kappa shape index (κ3) is 2.71. The van der Waals surface area contributed by atoms with Crippen LogP contribution in [0.5, 0.6) is 0 Å². The van der Waals surface area contributed by atoms with E-state index in [1.165, 1.54) is 11.1 Å². The van der Waals surface area contributed by atoms with E-state index in [0.29, 0.717) is 39.8 Å². The Morgan fingerprint density at radius 3 is 2.55 bits per heavy atom. The summed E-state index contributed by atoms with van der Waals surface area (Å²) in [7, 11) is 1.66. The molecule has 0 bridgehead atoms. The van der Waals surface area contributed by atoms with Crippen molar-refractivity contribution in [1.29, 1.82) is 5.26 Å². The van der Waals surface area contributed by atoms with Gasteiger partial charge in [0.05, 0.1) is 10.6 Å². The van der Waals surface area contributed by atoms with Crippen LogP contribution in [-0.2, 0) is 15.0 Å². The van der Waals surface area contributed by atoms with Gasteiger partial charge in [0.25, 0.3) is 0 Å². The zero-order valence-corrected chi connectivity index (χ0v) is 19.3. The number of hydrogen-bond donors (Lipinski definition) is 1. The lowest BCUT2D eigenvalue weighted by molar-refractivity contribution is -0.124. The van der Waals surface area contributed by atoms with Gasteiger partial charge in [0.2, 0.25) is 5.91 Å². The fourth-order valence-corrected chi connectivity index (χ4v) is 5.54. The Balaban J connectivity index is 1.91. The lowest BCUT2D eigenvalue weighted by Gasteiger charge is -2.46. The second kappa shape index (κ2) is 6.93. The highest BCUT2D eigenvalue weighted by Crippen LogP contribution is 2.57. The Labute approximate surface area is 196 Å². The summed E-state index contributed by atoms with van der Waals surface area (Å²) < 4.78 is 0. The molecular formula is C25H22ClN5O2. The van der Waals surface area contributed by atoms with Gasteiger partial charge in [-0.3, -0.25) is 14.5 Å². The molecule has 0 fully saturated rings. The first-order chi connectivity index (χ1) is 15.6. The molecule has 1 aromatic heterocycles. The Morgan fingerprint density at radius 1 is 1.15 bits per heavy atom. The van der Waals surface area contributed by atoms with Crippen LogP contribution in [0.3, 0.4) is 0 Å². The van der Waals surface area contributed by atoms with E-state index in [-0.39, 0.29) is 34.9 Å². The average molecular weight is 460 g/mol. The van der Waals surface area contributed by atoms with E-state index in [1.807, 2.05) is 32.0 Å². The van der Waals surface area contributed by atoms with Crippen molar-refractivity contribution in [3.05, 3.63) is 75.8 Å². The second-order valence-electron chi connectivity index (χ2n) is 9.44. The Kier molecular flexibility index (Phi) is 4.46. The van der Waals surface area contributed by atoms with Crippen molar-refractivity contribution in [2.45, 2.75) is 32.1 Å². The van der Waals surface area contributed by atoms with Crippen LogP contribution in [0.25, 0.3) is 0 Å². The number of nitrogens with two attached hydrogens (primary N) is 1. The maximum atomic E-state index is 14.0. The molecule has 2 aliphatic heterocycles. The molecule has 7 nitrogen and oxygen atoms in total. The number of hydrogen-bond acceptors (Lipinski definition) is 6. The van der Waals surface area contributed by atoms with E-state index in [4.69, 9.17) is 17.3 Å². The molecule has 1 aromatic carbocycles. The average Bonchev–Trinajstić information content (AvgIpc) is 2.97. The summed E-state index contributed by atoms with van der Waals surface area (Å²) in [6.45, 7) is 4.01. The van der Waals surface area contributed by atoms with E-state index in [2.05, 4.69) is 11.1 Å². The van der Waals surface area contributed by atoms with Gasteiger partial charge in [0.15, 0.2) is 5.78 Å². The molecule has 2 aromatic rings. The zero-order valence-electron chi connectivity index (χ0n) is 18.5. The number of nitriles is 1. The van der Waals surface area contributed by atoms with E-state index in [1.54, 1.807) is 30.1 Å². The summed E-state index contributed by atoms with van der Waals surface area (Å²) in [4.78, 5) is 35.3. The summed E-state index contributed by atoms with van der Waals surface area (Å²) in [6, 6.07) is 12.8. The number of para-hydroxylation sites is 1. The maximum absolute atomic E-state index is 14.0. The van der Waals surface area contributed by atoms with Gasteiger partial charge in [-0.2, -0.15) is 5.26 Å². The third-order valence-electron chi connectivity index (χ3n) is 6.72. The van der Waals surface area contributed by atoms with Gasteiger partial charge in [-0.15, -0.1) is 0 Å². The predicted molar refractivity (Wildman–Crippen MR) is 125 cm³/mol. The van der Waals surface area contributed by atoms with Gasteiger partial charge in [0, 0.05) is 42.2 Å². The minimum atomic E-state index is -1.57. The van der Waals surface area contributed by atoms with E-state index in [0.717, 1.165) is 0 Å². The molecule has 5 rings (SSSR count). The number of fused-ring (bicyclic) bond motifs is 3. The fourth-order valence-electron chi connectivity index (χ4n) is 5.42. The minimum Gasteiger partial charge on any atom is -0.384 e. The van der Waals surface area contributed by atoms with Gasteiger partial charge >= 0.3 is 0 Å². The van der Waals surface area contributed by atoms with Gasteiger partial charge in [-0.1, -0.05) is 43.6 Å². The number of halogens is 1. The van der Waals surface area contributed by atoms with Gasteiger partial charge < -0.3 is 10.6 Å². The third-order valence-corrected chi connectivity index (χ3v) is 6.94. The standard InChI is InChI=1S/C25H22ClN5O2/c1-24(2)10-18-21(19(32)11-24)25(15-6-4-5-7-17(15)30(3)23(25)33)16(12-27)22(28)31(18)20-9-8-14(26)13-29-20/h4-9,13H,10-11,28H2,1-3H3. The van der Waals surface area contributed by atoms with Crippen molar-refractivity contribution in [3.63, 3.8) is 0 Å². The van der Waals surface area contributed by atoms with Crippen LogP contribution in [0, 0.1) is 16.7 Å². The first-order valence-corrected chi connectivity index (χ1v) is 11.0.